The minimum Gasteiger partial charge on any atom is -0.508 e. The van der Waals surface area contributed by atoms with E-state index in [0.717, 1.165) is 69.4 Å². The maximum Gasteiger partial charge on any atom is 0.175 e. The van der Waals surface area contributed by atoms with E-state index in [1.165, 1.54) is 6.07 Å². The zero-order valence-corrected chi connectivity index (χ0v) is 23.5. The Labute approximate surface area is 243 Å². The van der Waals surface area contributed by atoms with E-state index in [1.807, 2.05) is 6.07 Å². The van der Waals surface area contributed by atoms with Crippen LogP contribution in [0.3, 0.4) is 0 Å². The van der Waals surface area contributed by atoms with Gasteiger partial charge in [0.25, 0.3) is 0 Å². The highest BCUT2D eigenvalue weighted by Gasteiger charge is 2.47. The SMILES string of the molecule is Oc1cc(Cl)c(C2CC2)c(-c2ncc3c(N4CC5CCC(C4)N5)cc(C#CC45CCCN4CC(F)C5)nc3c2F)c1. The van der Waals surface area contributed by atoms with E-state index in [1.54, 1.807) is 12.3 Å². The number of aromatic hydroxyl groups is 1. The fourth-order valence-corrected chi connectivity index (χ4v) is 8.07. The molecule has 6 nitrogen and oxygen atoms in total. The molecule has 8 rings (SSSR count). The third kappa shape index (κ3) is 4.36. The van der Waals surface area contributed by atoms with Crippen molar-refractivity contribution in [2.24, 2.45) is 0 Å². The van der Waals surface area contributed by atoms with Crippen LogP contribution in [0.4, 0.5) is 14.5 Å². The first-order valence-corrected chi connectivity index (χ1v) is 15.2. The Kier molecular flexibility index (Phi) is 5.97. The molecular formula is C32H32ClF2N5O. The fourth-order valence-electron chi connectivity index (χ4n) is 7.70. The predicted octanol–water partition coefficient (Wildman–Crippen LogP) is 5.54. The molecule has 4 atom stereocenters. The molecule has 5 fully saturated rings. The molecule has 2 aromatic heterocycles. The van der Waals surface area contributed by atoms with Gasteiger partial charge in [-0.3, -0.25) is 9.88 Å². The summed E-state index contributed by atoms with van der Waals surface area (Å²) in [5.41, 5.74) is 2.57. The standard InChI is InChI=1S/C32H32ClF2N5O/c33-26-12-23(41)11-24(28(26)18-2-3-18)30-29(35)31-25(14-36-30)27(39-16-21-4-5-22(17-39)37-21)10-20(38-31)6-8-32-7-1-9-40(32)15-19(34)13-32/h10-12,14,18-19,21-22,37,41H,1-5,7,9,13,15-17H2. The summed E-state index contributed by atoms with van der Waals surface area (Å²) in [4.78, 5) is 13.8. The number of nitrogens with one attached hydrogen (secondary N) is 1. The molecule has 1 aliphatic carbocycles. The second-order valence-corrected chi connectivity index (χ2v) is 13.0. The van der Waals surface area contributed by atoms with Crippen molar-refractivity contribution < 1.29 is 13.9 Å². The van der Waals surface area contributed by atoms with E-state index in [0.29, 0.717) is 46.7 Å². The Morgan fingerprint density at radius 2 is 1.90 bits per heavy atom. The number of nitrogens with zero attached hydrogens (tertiary/aromatic N) is 4. The number of benzene rings is 1. The van der Waals surface area contributed by atoms with Crippen LogP contribution >= 0.6 is 11.6 Å². The minimum atomic E-state index is -0.873. The van der Waals surface area contributed by atoms with Gasteiger partial charge in [0.2, 0.25) is 0 Å². The largest absolute Gasteiger partial charge is 0.508 e. The van der Waals surface area contributed by atoms with Gasteiger partial charge in [-0.05, 0) is 80.7 Å². The predicted molar refractivity (Wildman–Crippen MR) is 156 cm³/mol. The van der Waals surface area contributed by atoms with E-state index in [2.05, 4.69) is 31.9 Å². The van der Waals surface area contributed by atoms with Crippen molar-refractivity contribution in [1.82, 2.24) is 20.2 Å². The number of hydrogen-bond donors (Lipinski definition) is 2. The molecule has 0 radical (unpaired) electrons. The molecular weight excluding hydrogens is 544 g/mol. The van der Waals surface area contributed by atoms with Gasteiger partial charge in [0, 0.05) is 60.3 Å². The summed E-state index contributed by atoms with van der Waals surface area (Å²) in [7, 11) is 0. The van der Waals surface area contributed by atoms with Gasteiger partial charge >= 0.3 is 0 Å². The van der Waals surface area contributed by atoms with E-state index in [9.17, 15) is 9.50 Å². The molecule has 6 heterocycles. The number of hydrogen-bond acceptors (Lipinski definition) is 6. The molecule has 4 saturated heterocycles. The number of piperazine rings is 1. The maximum atomic E-state index is 16.6. The first-order chi connectivity index (χ1) is 19.9. The molecule has 1 aromatic carbocycles. The van der Waals surface area contributed by atoms with Crippen LogP contribution in [-0.2, 0) is 0 Å². The van der Waals surface area contributed by atoms with Crippen LogP contribution in [0.5, 0.6) is 5.75 Å². The Morgan fingerprint density at radius 1 is 1.10 bits per heavy atom. The van der Waals surface area contributed by atoms with Gasteiger partial charge in [0.15, 0.2) is 5.82 Å². The van der Waals surface area contributed by atoms with Crippen molar-refractivity contribution in [2.45, 2.75) is 74.7 Å². The first-order valence-electron chi connectivity index (χ1n) is 14.8. The van der Waals surface area contributed by atoms with E-state index in [-0.39, 0.29) is 22.9 Å². The van der Waals surface area contributed by atoms with Crippen LogP contribution in [0.1, 0.15) is 62.1 Å². The minimum absolute atomic E-state index is 0.0247. The second-order valence-electron chi connectivity index (χ2n) is 12.5. The Bertz CT molecular complexity index is 1620. The molecule has 2 bridgehead atoms. The topological polar surface area (TPSA) is 64.5 Å². The molecule has 4 unspecified atom stereocenters. The number of halogens is 3. The number of rotatable bonds is 3. The summed E-state index contributed by atoms with van der Waals surface area (Å²) in [5.74, 6) is 6.32. The summed E-state index contributed by atoms with van der Waals surface area (Å²) in [6.07, 6.45) is 7.27. The quantitative estimate of drug-likeness (QED) is 0.400. The lowest BCUT2D eigenvalue weighted by Gasteiger charge is -2.35. The number of phenolic OH excluding ortho intramolecular Hbond substituents is 1. The average Bonchev–Trinajstić information content (AvgIpc) is 3.52. The van der Waals surface area contributed by atoms with Crippen LogP contribution in [0.15, 0.2) is 24.4 Å². The maximum absolute atomic E-state index is 16.6. The van der Waals surface area contributed by atoms with Crippen molar-refractivity contribution in [3.8, 4) is 28.8 Å². The van der Waals surface area contributed by atoms with Crippen LogP contribution in [0.2, 0.25) is 5.02 Å². The van der Waals surface area contributed by atoms with Crippen molar-refractivity contribution >= 4 is 28.2 Å². The highest BCUT2D eigenvalue weighted by atomic mass is 35.5. The van der Waals surface area contributed by atoms with Crippen molar-refractivity contribution in [2.75, 3.05) is 31.1 Å². The average molecular weight is 576 g/mol. The van der Waals surface area contributed by atoms with Crippen LogP contribution in [0.25, 0.3) is 22.2 Å². The van der Waals surface area contributed by atoms with Crippen molar-refractivity contribution in [3.63, 3.8) is 0 Å². The number of fused-ring (bicyclic) bond motifs is 4. The molecule has 4 aliphatic heterocycles. The van der Waals surface area contributed by atoms with E-state index in [4.69, 9.17) is 16.6 Å². The first kappa shape index (κ1) is 25.7. The number of aromatic nitrogens is 2. The summed E-state index contributed by atoms with van der Waals surface area (Å²) in [6.45, 7) is 2.92. The molecule has 1 saturated carbocycles. The summed E-state index contributed by atoms with van der Waals surface area (Å²) in [5, 5.41) is 15.1. The Morgan fingerprint density at radius 3 is 2.68 bits per heavy atom. The van der Waals surface area contributed by atoms with Crippen LogP contribution in [0, 0.1) is 17.7 Å². The highest BCUT2D eigenvalue weighted by molar-refractivity contribution is 6.32. The molecule has 212 valence electrons. The van der Waals surface area contributed by atoms with E-state index >= 15 is 4.39 Å². The van der Waals surface area contributed by atoms with Gasteiger partial charge < -0.3 is 15.3 Å². The summed E-state index contributed by atoms with van der Waals surface area (Å²) >= 11 is 6.55. The molecule has 3 aromatic rings. The molecule has 0 spiro atoms. The molecule has 5 aliphatic rings. The van der Waals surface area contributed by atoms with Gasteiger partial charge in [-0.25, -0.2) is 13.8 Å². The monoisotopic (exact) mass is 575 g/mol. The fraction of sp³-hybridized carbons (Fsp3) is 0.500. The molecule has 9 heteroatoms. The molecule has 2 N–H and O–H groups in total. The summed E-state index contributed by atoms with van der Waals surface area (Å²) < 4.78 is 31.0. The lowest BCUT2D eigenvalue weighted by Crippen LogP contribution is -2.51. The van der Waals surface area contributed by atoms with Gasteiger partial charge in [-0.15, -0.1) is 0 Å². The molecule has 41 heavy (non-hydrogen) atoms. The van der Waals surface area contributed by atoms with Crippen LogP contribution in [-0.4, -0.2) is 69.9 Å². The van der Waals surface area contributed by atoms with Gasteiger partial charge in [-0.1, -0.05) is 17.5 Å². The third-order valence-electron chi connectivity index (χ3n) is 9.71. The van der Waals surface area contributed by atoms with Crippen molar-refractivity contribution in [3.05, 3.63) is 46.5 Å². The lowest BCUT2D eigenvalue weighted by molar-refractivity contribution is 0.255. The zero-order valence-electron chi connectivity index (χ0n) is 22.8. The number of anilines is 1. The third-order valence-corrected chi connectivity index (χ3v) is 10.0. The van der Waals surface area contributed by atoms with E-state index < -0.39 is 17.5 Å². The Hall–Kier alpha value is -2.99. The Balaban J connectivity index is 1.29. The van der Waals surface area contributed by atoms with Gasteiger partial charge in [0.1, 0.15) is 28.8 Å². The zero-order chi connectivity index (χ0) is 27.9. The van der Waals surface area contributed by atoms with Crippen LogP contribution < -0.4 is 10.2 Å². The lowest BCUT2D eigenvalue weighted by atomic mass is 9.94. The highest BCUT2D eigenvalue weighted by Crippen LogP contribution is 2.49. The number of alkyl halides is 1. The molecule has 0 amide bonds. The summed E-state index contributed by atoms with van der Waals surface area (Å²) in [6, 6.07) is 5.81. The second kappa shape index (κ2) is 9.52. The smallest absolute Gasteiger partial charge is 0.175 e. The van der Waals surface area contributed by atoms with Gasteiger partial charge in [0.05, 0.1) is 11.2 Å². The normalized spacial score (nSPS) is 29.1. The number of phenols is 1. The van der Waals surface area contributed by atoms with Gasteiger partial charge in [-0.2, -0.15) is 0 Å². The number of pyridine rings is 2. The van der Waals surface area contributed by atoms with Crippen molar-refractivity contribution in [1.29, 1.82) is 0 Å².